The van der Waals surface area contributed by atoms with Crippen molar-refractivity contribution in [1.29, 1.82) is 5.26 Å². The first-order valence-corrected chi connectivity index (χ1v) is 9.32. The first-order valence-electron chi connectivity index (χ1n) is 8.79. The Labute approximate surface area is 153 Å². The van der Waals surface area contributed by atoms with Crippen LogP contribution in [0.25, 0.3) is 0 Å². The monoisotopic (exact) mass is 352 g/mol. The Balaban J connectivity index is 1.84. The molecule has 3 nitrogen and oxygen atoms in total. The van der Waals surface area contributed by atoms with Gasteiger partial charge in [0.05, 0.1) is 11.6 Å². The van der Waals surface area contributed by atoms with Crippen molar-refractivity contribution in [1.82, 2.24) is 4.98 Å². The van der Waals surface area contributed by atoms with E-state index in [2.05, 4.69) is 17.1 Å². The minimum absolute atomic E-state index is 0.0709. The fourth-order valence-electron chi connectivity index (χ4n) is 3.59. The number of ketones is 1. The van der Waals surface area contributed by atoms with E-state index in [0.29, 0.717) is 23.1 Å². The molecule has 0 amide bonds. The molecular formula is C21H21ClN2O. The van der Waals surface area contributed by atoms with Gasteiger partial charge in [0.15, 0.2) is 5.78 Å². The Morgan fingerprint density at radius 2 is 2.00 bits per heavy atom. The predicted octanol–water partition coefficient (Wildman–Crippen LogP) is 5.17. The molecule has 0 unspecified atom stereocenters. The van der Waals surface area contributed by atoms with Gasteiger partial charge in [-0.15, -0.1) is 11.6 Å². The van der Waals surface area contributed by atoms with Gasteiger partial charge in [-0.2, -0.15) is 5.26 Å². The normalized spacial score (nSPS) is 14.9. The number of carbonyl (C=O) groups excluding carboxylic acids is 1. The summed E-state index contributed by atoms with van der Waals surface area (Å²) in [4.78, 5) is 16.8. The van der Waals surface area contributed by atoms with Crippen LogP contribution in [0.2, 0.25) is 0 Å². The molecule has 0 bridgehead atoms. The van der Waals surface area contributed by atoms with Crippen LogP contribution in [0.1, 0.15) is 70.8 Å². The average Bonchev–Trinajstić information content (AvgIpc) is 2.68. The van der Waals surface area contributed by atoms with Gasteiger partial charge in [-0.05, 0) is 41.5 Å². The Kier molecular flexibility index (Phi) is 5.83. The van der Waals surface area contributed by atoms with E-state index in [1.54, 1.807) is 12.3 Å². The lowest BCUT2D eigenvalue weighted by atomic mass is 9.81. The third kappa shape index (κ3) is 4.08. The van der Waals surface area contributed by atoms with E-state index in [-0.39, 0.29) is 12.2 Å². The van der Waals surface area contributed by atoms with Crippen LogP contribution in [0.4, 0.5) is 0 Å². The van der Waals surface area contributed by atoms with Crippen LogP contribution in [-0.4, -0.2) is 10.8 Å². The Morgan fingerprint density at radius 1 is 1.20 bits per heavy atom. The van der Waals surface area contributed by atoms with Crippen molar-refractivity contribution in [2.24, 2.45) is 0 Å². The molecule has 1 heterocycles. The zero-order valence-electron chi connectivity index (χ0n) is 14.2. The topological polar surface area (TPSA) is 53.8 Å². The molecule has 0 radical (unpaired) electrons. The van der Waals surface area contributed by atoms with Gasteiger partial charge in [-0.3, -0.25) is 9.78 Å². The summed E-state index contributed by atoms with van der Waals surface area (Å²) in [7, 11) is 0. The zero-order valence-corrected chi connectivity index (χ0v) is 14.9. The average molecular weight is 353 g/mol. The Morgan fingerprint density at radius 3 is 2.64 bits per heavy atom. The molecule has 2 aromatic rings. The summed E-state index contributed by atoms with van der Waals surface area (Å²) < 4.78 is 0. The highest BCUT2D eigenvalue weighted by Gasteiger charge is 2.21. The molecule has 1 aliphatic carbocycles. The van der Waals surface area contributed by atoms with Gasteiger partial charge in [0.2, 0.25) is 0 Å². The van der Waals surface area contributed by atoms with Crippen LogP contribution in [0.5, 0.6) is 0 Å². The number of rotatable bonds is 5. The molecular weight excluding hydrogens is 332 g/mol. The van der Waals surface area contributed by atoms with Crippen molar-refractivity contribution in [2.75, 3.05) is 0 Å². The van der Waals surface area contributed by atoms with Gasteiger partial charge in [0, 0.05) is 18.5 Å². The highest BCUT2D eigenvalue weighted by Crippen LogP contribution is 2.35. The maximum atomic E-state index is 12.6. The summed E-state index contributed by atoms with van der Waals surface area (Å²) in [6.45, 7) is 0. The van der Waals surface area contributed by atoms with Crippen LogP contribution in [0, 0.1) is 11.3 Å². The van der Waals surface area contributed by atoms with Gasteiger partial charge in [-0.1, -0.05) is 43.5 Å². The van der Waals surface area contributed by atoms with Crippen LogP contribution in [-0.2, 0) is 12.3 Å². The SMILES string of the molecule is N#Cc1c(CC(=O)c2ccc(CCl)cn2)cccc1C1CCCCC1. The first-order chi connectivity index (χ1) is 12.2. The summed E-state index contributed by atoms with van der Waals surface area (Å²) in [5.74, 6) is 0.752. The second-order valence-corrected chi connectivity index (χ2v) is 6.88. The Bertz CT molecular complexity index is 787. The van der Waals surface area contributed by atoms with Gasteiger partial charge in [0.25, 0.3) is 0 Å². The summed E-state index contributed by atoms with van der Waals surface area (Å²) >= 11 is 5.76. The van der Waals surface area contributed by atoms with Crippen molar-refractivity contribution < 1.29 is 4.79 Å². The summed E-state index contributed by atoms with van der Waals surface area (Å²) in [5.41, 5.74) is 3.90. The quantitative estimate of drug-likeness (QED) is 0.551. The number of benzene rings is 1. The standard InChI is InChI=1S/C21H21ClN2O/c22-12-15-9-10-20(24-14-15)21(25)11-17-7-4-8-18(19(17)13-23)16-5-2-1-3-6-16/h4,7-10,14,16H,1-3,5-6,11-12H2. The lowest BCUT2D eigenvalue weighted by Gasteiger charge is -2.23. The molecule has 1 aromatic carbocycles. The number of aromatic nitrogens is 1. The number of Topliss-reactive ketones (excluding diaryl/α,β-unsaturated/α-hetero) is 1. The van der Waals surface area contributed by atoms with Crippen LogP contribution >= 0.6 is 11.6 Å². The summed E-state index contributed by atoms with van der Waals surface area (Å²) in [6.07, 6.45) is 7.81. The van der Waals surface area contributed by atoms with Crippen LogP contribution < -0.4 is 0 Å². The van der Waals surface area contributed by atoms with Gasteiger partial charge >= 0.3 is 0 Å². The van der Waals surface area contributed by atoms with Crippen molar-refractivity contribution >= 4 is 17.4 Å². The molecule has 4 heteroatoms. The molecule has 1 aliphatic rings. The van der Waals surface area contributed by atoms with Gasteiger partial charge in [0.1, 0.15) is 5.69 Å². The highest BCUT2D eigenvalue weighted by atomic mass is 35.5. The second kappa shape index (κ2) is 8.27. The highest BCUT2D eigenvalue weighted by molar-refractivity contribution is 6.17. The second-order valence-electron chi connectivity index (χ2n) is 6.61. The van der Waals surface area contributed by atoms with Crippen molar-refractivity contribution in [3.8, 4) is 6.07 Å². The molecule has 0 spiro atoms. The number of halogens is 1. The van der Waals surface area contributed by atoms with E-state index >= 15 is 0 Å². The number of carbonyl (C=O) groups is 1. The minimum Gasteiger partial charge on any atom is -0.292 e. The fourth-order valence-corrected chi connectivity index (χ4v) is 3.75. The van der Waals surface area contributed by atoms with E-state index in [0.717, 1.165) is 29.5 Å². The van der Waals surface area contributed by atoms with Crippen molar-refractivity contribution in [3.63, 3.8) is 0 Å². The minimum atomic E-state index is -0.0709. The molecule has 0 aliphatic heterocycles. The third-order valence-electron chi connectivity index (χ3n) is 4.96. The maximum absolute atomic E-state index is 12.6. The van der Waals surface area contributed by atoms with Crippen LogP contribution in [0.15, 0.2) is 36.5 Å². The summed E-state index contributed by atoms with van der Waals surface area (Å²) in [6, 6.07) is 11.8. The number of pyridine rings is 1. The number of nitrogens with zero attached hydrogens (tertiary/aromatic N) is 2. The molecule has 0 atom stereocenters. The van der Waals surface area contributed by atoms with E-state index < -0.39 is 0 Å². The van der Waals surface area contributed by atoms with Gasteiger partial charge < -0.3 is 0 Å². The first kappa shape index (κ1) is 17.6. The number of hydrogen-bond donors (Lipinski definition) is 0. The molecule has 128 valence electrons. The smallest absolute Gasteiger partial charge is 0.185 e. The van der Waals surface area contributed by atoms with Crippen molar-refractivity contribution in [3.05, 3.63) is 64.5 Å². The lowest BCUT2D eigenvalue weighted by molar-refractivity contribution is 0.0988. The molecule has 0 N–H and O–H groups in total. The van der Waals surface area contributed by atoms with Gasteiger partial charge in [-0.25, -0.2) is 0 Å². The summed E-state index contributed by atoms with van der Waals surface area (Å²) in [5, 5.41) is 9.69. The predicted molar refractivity (Wildman–Crippen MR) is 98.8 cm³/mol. The maximum Gasteiger partial charge on any atom is 0.185 e. The molecule has 25 heavy (non-hydrogen) atoms. The van der Waals surface area contributed by atoms with E-state index in [9.17, 15) is 10.1 Å². The number of hydrogen-bond acceptors (Lipinski definition) is 3. The van der Waals surface area contributed by atoms with Crippen molar-refractivity contribution in [2.45, 2.75) is 50.3 Å². The third-order valence-corrected chi connectivity index (χ3v) is 5.26. The molecule has 1 saturated carbocycles. The zero-order chi connectivity index (χ0) is 17.6. The van der Waals surface area contributed by atoms with E-state index in [4.69, 9.17) is 11.6 Å². The van der Waals surface area contributed by atoms with E-state index in [1.807, 2.05) is 18.2 Å². The number of alkyl halides is 1. The van der Waals surface area contributed by atoms with E-state index in [1.165, 1.54) is 19.3 Å². The molecule has 3 rings (SSSR count). The number of nitriles is 1. The molecule has 1 fully saturated rings. The largest absolute Gasteiger partial charge is 0.292 e. The Hall–Kier alpha value is -2.18. The molecule has 0 saturated heterocycles. The molecule has 1 aromatic heterocycles. The lowest BCUT2D eigenvalue weighted by Crippen LogP contribution is -2.11. The fraction of sp³-hybridized carbons (Fsp3) is 0.381. The van der Waals surface area contributed by atoms with Crippen LogP contribution in [0.3, 0.4) is 0 Å².